The summed E-state index contributed by atoms with van der Waals surface area (Å²) in [5.41, 5.74) is -0.754. The second kappa shape index (κ2) is 6.75. The minimum Gasteiger partial charge on any atom is -0.309 e. The van der Waals surface area contributed by atoms with Crippen LogP contribution in [0.25, 0.3) is 0 Å². The van der Waals surface area contributed by atoms with Gasteiger partial charge in [-0.25, -0.2) is 4.39 Å². The zero-order valence-corrected chi connectivity index (χ0v) is 10.3. The van der Waals surface area contributed by atoms with Crippen molar-refractivity contribution in [2.45, 2.75) is 32.4 Å². The van der Waals surface area contributed by atoms with Gasteiger partial charge in [0.2, 0.25) is 5.82 Å². The number of nitrogens with one attached hydrogen (secondary N) is 1. The maximum absolute atomic E-state index is 13.5. The van der Waals surface area contributed by atoms with Gasteiger partial charge < -0.3 is 5.32 Å². The average molecular weight is 269 g/mol. The Balaban J connectivity index is 2.86. The molecule has 1 atom stereocenters. The highest BCUT2D eigenvalue weighted by molar-refractivity contribution is 5.37. The highest BCUT2D eigenvalue weighted by Gasteiger charge is 2.18. The molecule has 1 aromatic carbocycles. The van der Waals surface area contributed by atoms with E-state index in [1.165, 1.54) is 0 Å². The van der Waals surface area contributed by atoms with Crippen LogP contribution in [0.1, 0.15) is 25.3 Å². The predicted octanol–water partition coefficient (Wildman–Crippen LogP) is 2.65. The molecule has 0 radical (unpaired) electrons. The maximum atomic E-state index is 13.5. The summed E-state index contributed by atoms with van der Waals surface area (Å²) in [6, 6.07) is 3.23. The van der Waals surface area contributed by atoms with Crippen molar-refractivity contribution in [3.05, 3.63) is 39.4 Å². The fourth-order valence-corrected chi connectivity index (χ4v) is 1.58. The van der Waals surface area contributed by atoms with Crippen LogP contribution in [0.2, 0.25) is 0 Å². The van der Waals surface area contributed by atoms with Crippen LogP contribution in [-0.4, -0.2) is 11.0 Å². The van der Waals surface area contributed by atoms with E-state index in [2.05, 4.69) is 5.32 Å². The Kier molecular flexibility index (Phi) is 5.33. The summed E-state index contributed by atoms with van der Waals surface area (Å²) in [6.45, 7) is 1.87. The first kappa shape index (κ1) is 15.0. The van der Waals surface area contributed by atoms with Crippen molar-refractivity contribution in [2.75, 3.05) is 0 Å². The fourth-order valence-electron chi connectivity index (χ4n) is 1.58. The number of nitro groups is 1. The molecular weight excluding hydrogens is 256 g/mol. The van der Waals surface area contributed by atoms with E-state index in [0.29, 0.717) is 12.5 Å². The van der Waals surface area contributed by atoms with Gasteiger partial charge in [0.15, 0.2) is 0 Å². The van der Waals surface area contributed by atoms with Gasteiger partial charge in [-0.15, -0.1) is 0 Å². The van der Waals surface area contributed by atoms with Crippen LogP contribution in [0.15, 0.2) is 12.1 Å². The minimum absolute atomic E-state index is 0.00416. The quantitative estimate of drug-likeness (QED) is 0.636. The number of hydrogen-bond donors (Lipinski definition) is 1. The molecule has 1 N–H and O–H groups in total. The Morgan fingerprint density at radius 2 is 2.16 bits per heavy atom. The van der Waals surface area contributed by atoms with Crippen LogP contribution in [0.5, 0.6) is 0 Å². The van der Waals surface area contributed by atoms with E-state index in [4.69, 9.17) is 5.26 Å². The molecule has 0 heterocycles. The number of hydrogen-bond acceptors (Lipinski definition) is 4. The summed E-state index contributed by atoms with van der Waals surface area (Å²) in [6.07, 6.45) is 0.917. The van der Waals surface area contributed by atoms with Gasteiger partial charge in [-0.2, -0.15) is 9.65 Å². The second-order valence-corrected chi connectivity index (χ2v) is 4.00. The maximum Gasteiger partial charge on any atom is 0.305 e. The topological polar surface area (TPSA) is 79.0 Å². The van der Waals surface area contributed by atoms with Crippen molar-refractivity contribution < 1.29 is 13.7 Å². The summed E-state index contributed by atoms with van der Waals surface area (Å²) in [7, 11) is 0. The van der Waals surface area contributed by atoms with Crippen molar-refractivity contribution in [3.63, 3.8) is 0 Å². The highest BCUT2D eigenvalue weighted by Crippen LogP contribution is 2.21. The lowest BCUT2D eigenvalue weighted by molar-refractivity contribution is -0.387. The fraction of sp³-hybridized carbons (Fsp3) is 0.417. The van der Waals surface area contributed by atoms with E-state index in [9.17, 15) is 18.9 Å². The molecule has 1 aromatic rings. The van der Waals surface area contributed by atoms with E-state index in [0.717, 1.165) is 6.07 Å². The summed E-state index contributed by atoms with van der Waals surface area (Å²) in [5, 5.41) is 22.0. The van der Waals surface area contributed by atoms with Gasteiger partial charge in [0, 0.05) is 30.3 Å². The van der Waals surface area contributed by atoms with Crippen LogP contribution in [0.3, 0.4) is 0 Å². The third-order valence-corrected chi connectivity index (χ3v) is 2.72. The molecule has 19 heavy (non-hydrogen) atoms. The van der Waals surface area contributed by atoms with E-state index in [1.807, 2.05) is 13.0 Å². The third kappa shape index (κ3) is 3.96. The molecule has 0 bridgehead atoms. The molecule has 0 aliphatic carbocycles. The van der Waals surface area contributed by atoms with Gasteiger partial charge in [0.25, 0.3) is 0 Å². The van der Waals surface area contributed by atoms with Gasteiger partial charge in [0.05, 0.1) is 17.4 Å². The zero-order chi connectivity index (χ0) is 14.4. The molecule has 1 unspecified atom stereocenters. The van der Waals surface area contributed by atoms with Crippen molar-refractivity contribution in [2.24, 2.45) is 0 Å². The third-order valence-electron chi connectivity index (χ3n) is 2.72. The normalized spacial score (nSPS) is 11.9. The first-order chi connectivity index (χ1) is 8.99. The molecule has 0 fully saturated rings. The van der Waals surface area contributed by atoms with Gasteiger partial charge in [-0.3, -0.25) is 10.1 Å². The van der Waals surface area contributed by atoms with Gasteiger partial charge in [0.1, 0.15) is 5.82 Å². The second-order valence-electron chi connectivity index (χ2n) is 4.00. The predicted molar refractivity (Wildman–Crippen MR) is 64.2 cm³/mol. The molecule has 7 heteroatoms. The van der Waals surface area contributed by atoms with Crippen molar-refractivity contribution in [1.82, 2.24) is 5.32 Å². The van der Waals surface area contributed by atoms with Gasteiger partial charge >= 0.3 is 5.69 Å². The van der Waals surface area contributed by atoms with Crippen molar-refractivity contribution >= 4 is 5.69 Å². The summed E-state index contributed by atoms with van der Waals surface area (Å²) in [4.78, 5) is 9.66. The van der Waals surface area contributed by atoms with Crippen LogP contribution >= 0.6 is 0 Å². The smallest absolute Gasteiger partial charge is 0.305 e. The Morgan fingerprint density at radius 1 is 1.47 bits per heavy atom. The molecule has 0 saturated heterocycles. The lowest BCUT2D eigenvalue weighted by atomic mass is 10.1. The van der Waals surface area contributed by atoms with E-state index < -0.39 is 22.2 Å². The zero-order valence-electron chi connectivity index (χ0n) is 10.3. The van der Waals surface area contributed by atoms with Crippen LogP contribution in [0.4, 0.5) is 14.5 Å². The summed E-state index contributed by atoms with van der Waals surface area (Å²) < 4.78 is 26.6. The number of nitro benzene ring substituents is 1. The SMILES string of the molecule is CCC(CC#N)NCc1cc([N+](=O)[O-])c(F)cc1F. The molecule has 0 amide bonds. The summed E-state index contributed by atoms with van der Waals surface area (Å²) >= 11 is 0. The monoisotopic (exact) mass is 269 g/mol. The van der Waals surface area contributed by atoms with Gasteiger partial charge in [-0.1, -0.05) is 6.92 Å². The van der Waals surface area contributed by atoms with Crippen molar-refractivity contribution in [3.8, 4) is 6.07 Å². The highest BCUT2D eigenvalue weighted by atomic mass is 19.1. The largest absolute Gasteiger partial charge is 0.309 e. The molecule has 0 aromatic heterocycles. The van der Waals surface area contributed by atoms with E-state index >= 15 is 0 Å². The molecular formula is C12H13F2N3O2. The van der Waals surface area contributed by atoms with Crippen LogP contribution in [0, 0.1) is 33.1 Å². The Hall–Kier alpha value is -2.07. The van der Waals surface area contributed by atoms with E-state index in [-0.39, 0.29) is 24.6 Å². The van der Waals surface area contributed by atoms with Gasteiger partial charge in [-0.05, 0) is 6.42 Å². The average Bonchev–Trinajstić information content (AvgIpc) is 2.35. The Bertz CT molecular complexity index is 514. The summed E-state index contributed by atoms with van der Waals surface area (Å²) in [5.74, 6) is -2.04. The first-order valence-electron chi connectivity index (χ1n) is 5.72. The lowest BCUT2D eigenvalue weighted by Gasteiger charge is -2.13. The number of rotatable bonds is 6. The van der Waals surface area contributed by atoms with Crippen LogP contribution in [-0.2, 0) is 6.54 Å². The molecule has 0 aliphatic rings. The van der Waals surface area contributed by atoms with Crippen molar-refractivity contribution in [1.29, 1.82) is 5.26 Å². The minimum atomic E-state index is -1.20. The lowest BCUT2D eigenvalue weighted by Crippen LogP contribution is -2.27. The Labute approximate surface area is 109 Å². The molecule has 1 rings (SSSR count). The molecule has 5 nitrogen and oxygen atoms in total. The number of nitrogens with zero attached hydrogens (tertiary/aromatic N) is 2. The molecule has 0 spiro atoms. The molecule has 0 saturated carbocycles. The number of halogens is 2. The first-order valence-corrected chi connectivity index (χ1v) is 5.72. The van der Waals surface area contributed by atoms with Crippen LogP contribution < -0.4 is 5.32 Å². The Morgan fingerprint density at radius 3 is 2.68 bits per heavy atom. The molecule has 102 valence electrons. The standard InChI is InChI=1S/C12H13F2N3O2/c1-2-9(3-4-15)16-7-8-5-12(17(18)19)11(14)6-10(8)13/h5-6,9,16H,2-3,7H2,1H3. The molecule has 0 aliphatic heterocycles. The van der Waals surface area contributed by atoms with E-state index in [1.54, 1.807) is 0 Å². The number of nitriles is 1. The number of benzene rings is 1.